The summed E-state index contributed by atoms with van der Waals surface area (Å²) in [5.74, 6) is 0.0148. The number of nitrogens with one attached hydrogen (secondary N) is 2. The van der Waals surface area contributed by atoms with Crippen LogP contribution in [0.3, 0.4) is 0 Å². The fraction of sp³-hybridized carbons (Fsp3) is 0.500. The van der Waals surface area contributed by atoms with Crippen LogP contribution in [0.1, 0.15) is 67.9 Å². The predicted molar refractivity (Wildman–Crippen MR) is 128 cm³/mol. The lowest BCUT2D eigenvalue weighted by Gasteiger charge is -2.53. The number of halogens is 4. The maximum Gasteiger partial charge on any atom is 0.417 e. The van der Waals surface area contributed by atoms with Gasteiger partial charge in [-0.2, -0.15) is 13.2 Å². The quantitative estimate of drug-likeness (QED) is 0.523. The van der Waals surface area contributed by atoms with Crippen LogP contribution in [0.5, 0.6) is 5.75 Å². The van der Waals surface area contributed by atoms with Gasteiger partial charge in [0.15, 0.2) is 6.10 Å². The smallest absolute Gasteiger partial charge is 0.417 e. The zero-order valence-electron chi connectivity index (χ0n) is 19.9. The molecule has 6 rings (SSSR count). The highest BCUT2D eigenvalue weighted by molar-refractivity contribution is 6.30. The number of hydrogen-bond acceptors (Lipinski definition) is 5. The summed E-state index contributed by atoms with van der Waals surface area (Å²) in [4.78, 5) is 30.0. The van der Waals surface area contributed by atoms with E-state index in [2.05, 4.69) is 15.6 Å². The van der Waals surface area contributed by atoms with E-state index >= 15 is 0 Å². The third-order valence-corrected chi connectivity index (χ3v) is 8.26. The van der Waals surface area contributed by atoms with Crippen LogP contribution in [0, 0.1) is 5.41 Å². The molecule has 7 nitrogen and oxygen atoms in total. The van der Waals surface area contributed by atoms with Crippen LogP contribution < -0.4 is 15.4 Å². The molecule has 11 heteroatoms. The van der Waals surface area contributed by atoms with Crippen LogP contribution in [0.2, 0.25) is 5.02 Å². The predicted octanol–water partition coefficient (Wildman–Crippen LogP) is 4.46. The van der Waals surface area contributed by atoms with Gasteiger partial charge in [0.2, 0.25) is 5.91 Å². The molecule has 2 bridgehead atoms. The summed E-state index contributed by atoms with van der Waals surface area (Å²) < 4.78 is 44.0. The van der Waals surface area contributed by atoms with Gasteiger partial charge in [0.1, 0.15) is 5.75 Å². The van der Waals surface area contributed by atoms with E-state index in [0.29, 0.717) is 60.6 Å². The van der Waals surface area contributed by atoms with Gasteiger partial charge in [0.25, 0.3) is 5.91 Å². The van der Waals surface area contributed by atoms with E-state index in [4.69, 9.17) is 16.3 Å². The number of aliphatic hydroxyl groups excluding tert-OH is 1. The van der Waals surface area contributed by atoms with Gasteiger partial charge in [-0.15, -0.1) is 0 Å². The molecule has 1 aliphatic heterocycles. The first-order valence-corrected chi connectivity index (χ1v) is 12.6. The van der Waals surface area contributed by atoms with Crippen LogP contribution in [0.15, 0.2) is 36.5 Å². The van der Waals surface area contributed by atoms with Crippen LogP contribution in [-0.4, -0.2) is 33.5 Å². The number of rotatable bonds is 5. The molecule has 2 amide bonds. The average molecular weight is 538 g/mol. The first kappa shape index (κ1) is 25.8. The lowest BCUT2D eigenvalue weighted by molar-refractivity contribution is -0.142. The average Bonchev–Trinajstić information content (AvgIpc) is 2.88. The van der Waals surface area contributed by atoms with Gasteiger partial charge >= 0.3 is 6.18 Å². The van der Waals surface area contributed by atoms with Crippen molar-refractivity contribution in [2.24, 2.45) is 5.41 Å². The van der Waals surface area contributed by atoms with E-state index in [1.165, 1.54) is 6.07 Å². The van der Waals surface area contributed by atoms with Gasteiger partial charge in [-0.1, -0.05) is 11.6 Å². The molecule has 0 unspecified atom stereocenters. The van der Waals surface area contributed by atoms with Crippen molar-refractivity contribution in [3.63, 3.8) is 0 Å². The number of carbonyl (C=O) groups excluding carboxylic acids is 2. The minimum Gasteiger partial charge on any atom is -0.480 e. The second-order valence-electron chi connectivity index (χ2n) is 10.3. The highest BCUT2D eigenvalue weighted by atomic mass is 35.5. The van der Waals surface area contributed by atoms with Crippen molar-refractivity contribution in [3.8, 4) is 5.75 Å². The second-order valence-corrected chi connectivity index (χ2v) is 10.7. The second kappa shape index (κ2) is 9.47. The van der Waals surface area contributed by atoms with Crippen LogP contribution in [-0.2, 0) is 22.3 Å². The molecular weight excluding hydrogens is 511 g/mol. The molecule has 4 aliphatic rings. The number of aromatic nitrogens is 1. The summed E-state index contributed by atoms with van der Waals surface area (Å²) in [6, 6.07) is 7.14. The fourth-order valence-electron chi connectivity index (χ4n) is 5.69. The molecule has 3 N–H and O–H groups in total. The SMILES string of the molecule is O=C(NC12CCC(C(=O)NCc3ccc(C(F)(F)F)cn3)(CC1)CC2)[C@H]1C[C@@H](O)c2cc(Cl)ccc2O1. The minimum absolute atomic E-state index is 0.0502. The Morgan fingerprint density at radius 3 is 2.43 bits per heavy atom. The van der Waals surface area contributed by atoms with E-state index in [1.54, 1.807) is 18.2 Å². The maximum absolute atomic E-state index is 13.1. The van der Waals surface area contributed by atoms with E-state index in [-0.39, 0.29) is 24.8 Å². The number of hydrogen-bond donors (Lipinski definition) is 3. The number of benzene rings is 1. The minimum atomic E-state index is -4.46. The van der Waals surface area contributed by atoms with E-state index < -0.39 is 34.9 Å². The lowest BCUT2D eigenvalue weighted by Crippen LogP contribution is -2.61. The maximum atomic E-state index is 13.1. The van der Waals surface area contributed by atoms with Crippen molar-refractivity contribution < 1.29 is 32.6 Å². The Morgan fingerprint density at radius 1 is 1.11 bits per heavy atom. The van der Waals surface area contributed by atoms with Gasteiger partial charge in [-0.3, -0.25) is 14.6 Å². The molecule has 3 aliphatic carbocycles. The lowest BCUT2D eigenvalue weighted by atomic mass is 9.57. The fourth-order valence-corrected chi connectivity index (χ4v) is 5.87. The van der Waals surface area contributed by atoms with E-state index in [9.17, 15) is 27.9 Å². The number of fused-ring (bicyclic) bond motifs is 4. The van der Waals surface area contributed by atoms with Crippen molar-refractivity contribution in [1.29, 1.82) is 0 Å². The van der Waals surface area contributed by atoms with Crippen molar-refractivity contribution in [2.75, 3.05) is 0 Å². The highest BCUT2D eigenvalue weighted by Crippen LogP contribution is 2.52. The molecule has 2 heterocycles. The van der Waals surface area contributed by atoms with Gasteiger partial charge in [-0.25, -0.2) is 0 Å². The summed E-state index contributed by atoms with van der Waals surface area (Å²) in [5.41, 5.74) is -0.908. The largest absolute Gasteiger partial charge is 0.480 e. The third kappa shape index (κ3) is 5.13. The standard InChI is InChI=1S/C26H27ClF3N3O4/c27-16-2-4-20-18(11-16)19(34)12-21(37-20)22(35)33-25-8-5-24(6-9-25,7-10-25)23(36)32-14-17-3-1-15(13-31-17)26(28,29)30/h1-4,11,13,19,21,34H,5-10,12,14H2,(H,32,36)(H,33,35)/t19-,21-,24?,25?/m1/s1. The Hall–Kier alpha value is -2.85. The summed E-state index contributed by atoms with van der Waals surface area (Å²) in [6.07, 6.45) is -1.58. The number of pyridine rings is 1. The molecule has 198 valence electrons. The van der Waals surface area contributed by atoms with Crippen molar-refractivity contribution >= 4 is 23.4 Å². The normalized spacial score (nSPS) is 28.7. The zero-order valence-corrected chi connectivity index (χ0v) is 20.7. The number of alkyl halides is 3. The first-order chi connectivity index (χ1) is 17.5. The number of ether oxygens (including phenoxy) is 1. The van der Waals surface area contributed by atoms with Crippen LogP contribution in [0.4, 0.5) is 13.2 Å². The molecular formula is C26H27ClF3N3O4. The number of nitrogens with zero attached hydrogens (tertiary/aromatic N) is 1. The molecule has 2 aromatic rings. The first-order valence-electron chi connectivity index (χ1n) is 12.3. The molecule has 0 radical (unpaired) electrons. The van der Waals surface area contributed by atoms with Crippen molar-refractivity contribution in [1.82, 2.24) is 15.6 Å². The molecule has 3 saturated carbocycles. The van der Waals surface area contributed by atoms with Gasteiger partial charge < -0.3 is 20.5 Å². The molecule has 0 saturated heterocycles. The Morgan fingerprint density at radius 2 is 1.81 bits per heavy atom. The Labute approximate surface area is 216 Å². The third-order valence-electron chi connectivity index (χ3n) is 8.03. The molecule has 2 atom stereocenters. The zero-order chi connectivity index (χ0) is 26.4. The monoisotopic (exact) mass is 537 g/mol. The summed E-state index contributed by atoms with van der Waals surface area (Å²) >= 11 is 6.00. The molecule has 1 aromatic carbocycles. The Bertz CT molecular complexity index is 1180. The summed E-state index contributed by atoms with van der Waals surface area (Å²) in [7, 11) is 0. The number of amides is 2. The summed E-state index contributed by atoms with van der Waals surface area (Å²) in [5, 5.41) is 17.0. The molecule has 1 aromatic heterocycles. The summed E-state index contributed by atoms with van der Waals surface area (Å²) in [6.45, 7) is 0.0502. The number of aliphatic hydroxyl groups is 1. The molecule has 0 spiro atoms. The molecule has 3 fully saturated rings. The van der Waals surface area contributed by atoms with Gasteiger partial charge in [-0.05, 0) is 68.9 Å². The van der Waals surface area contributed by atoms with Gasteiger partial charge in [0, 0.05) is 34.2 Å². The van der Waals surface area contributed by atoms with Crippen LogP contribution in [0.25, 0.3) is 0 Å². The highest BCUT2D eigenvalue weighted by Gasteiger charge is 2.53. The Kier molecular flexibility index (Phi) is 6.60. The number of carbonyl (C=O) groups is 2. The van der Waals surface area contributed by atoms with Crippen molar-refractivity contribution in [2.45, 2.75) is 75.4 Å². The topological polar surface area (TPSA) is 101 Å². The van der Waals surface area contributed by atoms with Gasteiger partial charge in [0.05, 0.1) is 23.9 Å². The van der Waals surface area contributed by atoms with E-state index in [0.717, 1.165) is 12.3 Å². The molecule has 37 heavy (non-hydrogen) atoms. The van der Waals surface area contributed by atoms with Crippen molar-refractivity contribution in [3.05, 3.63) is 58.4 Å². The van der Waals surface area contributed by atoms with Crippen LogP contribution >= 0.6 is 11.6 Å². The van der Waals surface area contributed by atoms with E-state index in [1.807, 2.05) is 0 Å². The Balaban J connectivity index is 1.16.